The Morgan fingerprint density at radius 3 is 2.31 bits per heavy atom. The smallest absolute Gasteiger partial charge is 0.324 e. The molecule has 42 heavy (non-hydrogen) atoms. The van der Waals surface area contributed by atoms with Crippen molar-refractivity contribution in [2.45, 2.75) is 26.2 Å². The molecule has 1 fully saturated rings. The van der Waals surface area contributed by atoms with Crippen LogP contribution < -0.4 is 20.7 Å². The number of ether oxygens (including phenoxy) is 2. The van der Waals surface area contributed by atoms with Crippen molar-refractivity contribution in [3.8, 4) is 17.2 Å². The van der Waals surface area contributed by atoms with Crippen LogP contribution in [0.2, 0.25) is 0 Å². The molecule has 0 bridgehead atoms. The highest BCUT2D eigenvalue weighted by atomic mass is 16.5. The van der Waals surface area contributed by atoms with Gasteiger partial charge in [0.15, 0.2) is 0 Å². The number of pyridine rings is 1. The predicted molar refractivity (Wildman–Crippen MR) is 162 cm³/mol. The third kappa shape index (κ3) is 7.71. The van der Waals surface area contributed by atoms with Crippen LogP contribution in [0, 0.1) is 0 Å². The average Bonchev–Trinajstić information content (AvgIpc) is 3.40. The summed E-state index contributed by atoms with van der Waals surface area (Å²) in [7, 11) is 0. The van der Waals surface area contributed by atoms with Crippen LogP contribution in [0.1, 0.15) is 26.5 Å². The standard InChI is InChI=1S/C31H35N7O4/c1-31(2,3)27-20-28(35-30(40)34-22-7-9-25(10-8-22)42-26-11-13-32-14-12-26)38(36-27)24-6-4-5-23(19-24)33-29(39)21-37-15-17-41-18-16-37/h4-14,19-20H,15-18,21H2,1-3H3,(H,33,39)(H2,34,35,40). The van der Waals surface area contributed by atoms with Gasteiger partial charge in [0.25, 0.3) is 0 Å². The summed E-state index contributed by atoms with van der Waals surface area (Å²) >= 11 is 0. The third-order valence-corrected chi connectivity index (χ3v) is 6.56. The molecular weight excluding hydrogens is 534 g/mol. The summed E-state index contributed by atoms with van der Waals surface area (Å²) in [6.07, 6.45) is 3.31. The van der Waals surface area contributed by atoms with Crippen LogP contribution in [-0.4, -0.2) is 64.5 Å². The molecule has 0 unspecified atom stereocenters. The van der Waals surface area contributed by atoms with Crippen molar-refractivity contribution in [3.05, 3.63) is 84.8 Å². The molecule has 2 aromatic heterocycles. The van der Waals surface area contributed by atoms with Gasteiger partial charge in [0, 0.05) is 48.3 Å². The van der Waals surface area contributed by atoms with E-state index in [9.17, 15) is 9.59 Å². The Kier molecular flexibility index (Phi) is 8.80. The topological polar surface area (TPSA) is 123 Å². The minimum absolute atomic E-state index is 0.0974. The number of amides is 3. The van der Waals surface area contributed by atoms with Crippen LogP contribution >= 0.6 is 0 Å². The summed E-state index contributed by atoms with van der Waals surface area (Å²) in [4.78, 5) is 31.7. The Hall–Kier alpha value is -4.74. The minimum atomic E-state index is -0.422. The zero-order valence-corrected chi connectivity index (χ0v) is 24.0. The number of hydrogen-bond acceptors (Lipinski definition) is 7. The number of carbonyl (C=O) groups is 2. The SMILES string of the molecule is CC(C)(C)c1cc(NC(=O)Nc2ccc(Oc3ccncc3)cc2)n(-c2cccc(NC(=O)CN3CCOCC3)c2)n1. The number of carbonyl (C=O) groups excluding carboxylic acids is 2. The first kappa shape index (κ1) is 28.8. The fraction of sp³-hybridized carbons (Fsp3) is 0.290. The van der Waals surface area contributed by atoms with Crippen molar-refractivity contribution < 1.29 is 19.1 Å². The quantitative estimate of drug-likeness (QED) is 0.264. The number of morpholine rings is 1. The maximum atomic E-state index is 13.0. The summed E-state index contributed by atoms with van der Waals surface area (Å²) in [5.74, 6) is 1.70. The Morgan fingerprint density at radius 2 is 1.60 bits per heavy atom. The monoisotopic (exact) mass is 569 g/mol. The number of benzene rings is 2. The minimum Gasteiger partial charge on any atom is -0.457 e. The fourth-order valence-electron chi connectivity index (χ4n) is 4.34. The summed E-state index contributed by atoms with van der Waals surface area (Å²) in [5.41, 5.74) is 2.48. The van der Waals surface area contributed by atoms with E-state index in [1.807, 2.05) is 30.3 Å². The second-order valence-electron chi connectivity index (χ2n) is 11.0. The second-order valence-corrected chi connectivity index (χ2v) is 11.0. The van der Waals surface area contributed by atoms with Crippen LogP contribution in [0.4, 0.5) is 22.0 Å². The van der Waals surface area contributed by atoms with E-state index in [1.54, 1.807) is 53.5 Å². The number of rotatable bonds is 8. The van der Waals surface area contributed by atoms with E-state index in [0.717, 1.165) is 18.8 Å². The first-order chi connectivity index (χ1) is 20.2. The molecule has 3 N–H and O–H groups in total. The number of hydrogen-bond donors (Lipinski definition) is 3. The molecule has 1 aliphatic rings. The van der Waals surface area contributed by atoms with Crippen molar-refractivity contribution in [1.29, 1.82) is 0 Å². The number of nitrogens with zero attached hydrogens (tertiary/aromatic N) is 4. The Balaban J connectivity index is 1.28. The van der Waals surface area contributed by atoms with Gasteiger partial charge in [-0.1, -0.05) is 26.8 Å². The summed E-state index contributed by atoms with van der Waals surface area (Å²) in [6.45, 7) is 9.20. The molecular formula is C31H35N7O4. The highest BCUT2D eigenvalue weighted by Crippen LogP contribution is 2.28. The zero-order chi connectivity index (χ0) is 29.5. The average molecular weight is 570 g/mol. The highest BCUT2D eigenvalue weighted by Gasteiger charge is 2.22. The molecule has 0 aliphatic carbocycles. The van der Waals surface area contributed by atoms with Crippen molar-refractivity contribution in [2.75, 3.05) is 48.8 Å². The fourth-order valence-corrected chi connectivity index (χ4v) is 4.34. The molecule has 11 heteroatoms. The molecule has 2 aromatic carbocycles. The zero-order valence-electron chi connectivity index (χ0n) is 24.0. The predicted octanol–water partition coefficient (Wildman–Crippen LogP) is 5.27. The van der Waals surface area contributed by atoms with Crippen LogP contribution in [0.15, 0.2) is 79.1 Å². The van der Waals surface area contributed by atoms with Gasteiger partial charge in [-0.05, 0) is 54.6 Å². The Morgan fingerprint density at radius 1 is 0.881 bits per heavy atom. The molecule has 0 radical (unpaired) electrons. The Bertz CT molecular complexity index is 1510. The third-order valence-electron chi connectivity index (χ3n) is 6.56. The molecule has 3 amide bonds. The molecule has 0 atom stereocenters. The van der Waals surface area contributed by atoms with Gasteiger partial charge in [0.2, 0.25) is 5.91 Å². The van der Waals surface area contributed by atoms with Gasteiger partial charge in [-0.25, -0.2) is 9.48 Å². The molecule has 0 spiro atoms. The first-order valence-electron chi connectivity index (χ1n) is 13.8. The normalized spacial score (nSPS) is 13.8. The molecule has 0 saturated carbocycles. The second kappa shape index (κ2) is 12.8. The van der Waals surface area contributed by atoms with Gasteiger partial charge in [0.1, 0.15) is 17.3 Å². The Labute approximate surface area is 244 Å². The molecule has 5 rings (SSSR count). The number of anilines is 3. The van der Waals surface area contributed by atoms with E-state index in [4.69, 9.17) is 14.6 Å². The van der Waals surface area contributed by atoms with Gasteiger partial charge in [-0.15, -0.1) is 0 Å². The van der Waals surface area contributed by atoms with Gasteiger partial charge < -0.3 is 20.1 Å². The lowest BCUT2D eigenvalue weighted by atomic mass is 9.92. The molecule has 4 aromatic rings. The maximum Gasteiger partial charge on any atom is 0.324 e. The van der Waals surface area contributed by atoms with E-state index < -0.39 is 6.03 Å². The lowest BCUT2D eigenvalue weighted by Gasteiger charge is -2.25. The summed E-state index contributed by atoms with van der Waals surface area (Å²) in [6, 6.07) is 19.4. The first-order valence-corrected chi connectivity index (χ1v) is 13.8. The number of aromatic nitrogens is 3. The van der Waals surface area contributed by atoms with Gasteiger partial charge in [0.05, 0.1) is 31.1 Å². The molecule has 1 saturated heterocycles. The summed E-state index contributed by atoms with van der Waals surface area (Å²) in [5, 5.41) is 13.6. The van der Waals surface area contributed by atoms with Gasteiger partial charge in [-0.2, -0.15) is 5.10 Å². The number of urea groups is 1. The van der Waals surface area contributed by atoms with Crippen molar-refractivity contribution in [3.63, 3.8) is 0 Å². The van der Waals surface area contributed by atoms with Crippen LogP contribution in [-0.2, 0) is 14.9 Å². The van der Waals surface area contributed by atoms with Crippen molar-refractivity contribution >= 4 is 29.1 Å². The lowest BCUT2D eigenvalue weighted by molar-refractivity contribution is -0.118. The van der Waals surface area contributed by atoms with E-state index in [0.29, 0.717) is 54.1 Å². The van der Waals surface area contributed by atoms with Crippen molar-refractivity contribution in [2.24, 2.45) is 0 Å². The van der Waals surface area contributed by atoms with E-state index >= 15 is 0 Å². The molecule has 3 heterocycles. The molecule has 1 aliphatic heterocycles. The largest absolute Gasteiger partial charge is 0.457 e. The van der Waals surface area contributed by atoms with Crippen LogP contribution in [0.25, 0.3) is 5.69 Å². The maximum absolute atomic E-state index is 13.0. The van der Waals surface area contributed by atoms with E-state index in [-0.39, 0.29) is 11.3 Å². The number of nitrogens with one attached hydrogen (secondary N) is 3. The van der Waals surface area contributed by atoms with Crippen molar-refractivity contribution in [1.82, 2.24) is 19.7 Å². The van der Waals surface area contributed by atoms with Gasteiger partial charge in [-0.3, -0.25) is 20.0 Å². The molecule has 11 nitrogen and oxygen atoms in total. The lowest BCUT2D eigenvalue weighted by Crippen LogP contribution is -2.41. The van der Waals surface area contributed by atoms with Crippen LogP contribution in [0.5, 0.6) is 11.5 Å². The van der Waals surface area contributed by atoms with E-state index in [1.165, 1.54) is 0 Å². The van der Waals surface area contributed by atoms with Gasteiger partial charge >= 0.3 is 6.03 Å². The highest BCUT2D eigenvalue weighted by molar-refractivity contribution is 5.99. The van der Waals surface area contributed by atoms with Crippen LogP contribution in [0.3, 0.4) is 0 Å². The molecule has 218 valence electrons. The summed E-state index contributed by atoms with van der Waals surface area (Å²) < 4.78 is 12.8. The van der Waals surface area contributed by atoms with E-state index in [2.05, 4.69) is 46.6 Å².